The number of nitro groups is 1. The highest BCUT2D eigenvalue weighted by Crippen LogP contribution is 2.21. The minimum absolute atomic E-state index is 0.0104. The molecule has 1 aromatic rings. The number of benzene rings is 1. The Hall–Kier alpha value is -1.66. The van der Waals surface area contributed by atoms with Crippen molar-refractivity contribution in [2.75, 3.05) is 31.2 Å². The van der Waals surface area contributed by atoms with Gasteiger partial charge in [0.15, 0.2) is 0 Å². The lowest BCUT2D eigenvalue weighted by Gasteiger charge is -2.33. The first-order valence-electron chi connectivity index (χ1n) is 5.42. The van der Waals surface area contributed by atoms with Gasteiger partial charge in [-0.2, -0.15) is 0 Å². The lowest BCUT2D eigenvalue weighted by atomic mass is 10.2. The Morgan fingerprint density at radius 1 is 1.47 bits per heavy atom. The molecule has 0 saturated carbocycles. The summed E-state index contributed by atoms with van der Waals surface area (Å²) >= 11 is 0. The summed E-state index contributed by atoms with van der Waals surface area (Å²) in [6, 6.07) is 6.41. The van der Waals surface area contributed by atoms with E-state index in [0.717, 1.165) is 12.2 Å². The highest BCUT2D eigenvalue weighted by atomic mass is 16.6. The molecule has 92 valence electrons. The Bertz CT molecular complexity index is 393. The second-order valence-electron chi connectivity index (χ2n) is 3.89. The summed E-state index contributed by atoms with van der Waals surface area (Å²) in [6.07, 6.45) is -0.182. The van der Waals surface area contributed by atoms with E-state index in [1.54, 1.807) is 12.1 Å². The molecule has 1 fully saturated rings. The summed E-state index contributed by atoms with van der Waals surface area (Å²) in [4.78, 5) is 12.2. The van der Waals surface area contributed by atoms with Gasteiger partial charge in [-0.05, 0) is 12.1 Å². The van der Waals surface area contributed by atoms with Crippen molar-refractivity contribution < 1.29 is 14.8 Å². The van der Waals surface area contributed by atoms with Gasteiger partial charge in [0, 0.05) is 30.9 Å². The van der Waals surface area contributed by atoms with Crippen LogP contribution in [-0.4, -0.2) is 42.4 Å². The van der Waals surface area contributed by atoms with E-state index >= 15 is 0 Å². The molecule has 0 aromatic heterocycles. The number of aliphatic hydroxyl groups is 1. The number of nitro benzene ring substituents is 1. The molecular weight excluding hydrogens is 224 g/mol. The molecule has 2 rings (SSSR count). The number of morpholine rings is 1. The van der Waals surface area contributed by atoms with Crippen LogP contribution in [0.25, 0.3) is 0 Å². The van der Waals surface area contributed by atoms with Gasteiger partial charge in [-0.3, -0.25) is 10.1 Å². The molecule has 6 nitrogen and oxygen atoms in total. The Morgan fingerprint density at radius 2 is 2.18 bits per heavy atom. The summed E-state index contributed by atoms with van der Waals surface area (Å²) in [6.45, 7) is 1.88. The number of hydrogen-bond donors (Lipinski definition) is 1. The average molecular weight is 238 g/mol. The molecular formula is C11H14N2O4. The first-order valence-corrected chi connectivity index (χ1v) is 5.42. The largest absolute Gasteiger partial charge is 0.394 e. The van der Waals surface area contributed by atoms with Gasteiger partial charge in [-0.25, -0.2) is 0 Å². The van der Waals surface area contributed by atoms with Gasteiger partial charge in [0.25, 0.3) is 5.69 Å². The summed E-state index contributed by atoms with van der Waals surface area (Å²) in [7, 11) is 0. The minimum Gasteiger partial charge on any atom is -0.394 e. The van der Waals surface area contributed by atoms with Crippen LogP contribution >= 0.6 is 0 Å². The van der Waals surface area contributed by atoms with Crippen molar-refractivity contribution in [1.82, 2.24) is 0 Å². The zero-order valence-electron chi connectivity index (χ0n) is 9.28. The van der Waals surface area contributed by atoms with Crippen LogP contribution in [0.2, 0.25) is 0 Å². The van der Waals surface area contributed by atoms with Crippen LogP contribution in [-0.2, 0) is 4.74 Å². The second kappa shape index (κ2) is 5.11. The number of rotatable bonds is 3. The van der Waals surface area contributed by atoms with Gasteiger partial charge < -0.3 is 14.7 Å². The molecule has 1 aromatic carbocycles. The van der Waals surface area contributed by atoms with Gasteiger partial charge in [0.05, 0.1) is 24.2 Å². The summed E-state index contributed by atoms with van der Waals surface area (Å²) in [5, 5.41) is 19.6. The van der Waals surface area contributed by atoms with Crippen molar-refractivity contribution in [3.63, 3.8) is 0 Å². The van der Waals surface area contributed by atoms with Crippen molar-refractivity contribution in [2.24, 2.45) is 0 Å². The van der Waals surface area contributed by atoms with Gasteiger partial charge in [-0.1, -0.05) is 0 Å². The maximum absolute atomic E-state index is 10.5. The molecule has 0 amide bonds. The maximum atomic E-state index is 10.5. The van der Waals surface area contributed by atoms with E-state index < -0.39 is 4.92 Å². The molecule has 17 heavy (non-hydrogen) atoms. The van der Waals surface area contributed by atoms with Crippen LogP contribution in [0.3, 0.4) is 0 Å². The Balaban J connectivity index is 2.08. The number of anilines is 1. The molecule has 1 aliphatic rings. The Kier molecular flexibility index (Phi) is 3.55. The number of non-ortho nitro benzene ring substituents is 1. The predicted octanol–water partition coefficient (Wildman–Crippen LogP) is 0.792. The third-order valence-electron chi connectivity index (χ3n) is 2.77. The fourth-order valence-corrected chi connectivity index (χ4v) is 1.85. The fraction of sp³-hybridized carbons (Fsp3) is 0.455. The van der Waals surface area contributed by atoms with Crippen molar-refractivity contribution >= 4 is 11.4 Å². The van der Waals surface area contributed by atoms with Crippen LogP contribution in [0.5, 0.6) is 0 Å². The lowest BCUT2D eigenvalue weighted by molar-refractivity contribution is -0.384. The lowest BCUT2D eigenvalue weighted by Crippen LogP contribution is -2.44. The van der Waals surface area contributed by atoms with Crippen molar-refractivity contribution in [3.8, 4) is 0 Å². The van der Waals surface area contributed by atoms with Crippen molar-refractivity contribution in [3.05, 3.63) is 34.4 Å². The molecule has 1 saturated heterocycles. The monoisotopic (exact) mass is 238 g/mol. The topological polar surface area (TPSA) is 75.8 Å². The average Bonchev–Trinajstić information content (AvgIpc) is 2.39. The quantitative estimate of drug-likeness (QED) is 0.622. The normalized spacial score (nSPS) is 20.3. The Morgan fingerprint density at radius 3 is 2.76 bits per heavy atom. The molecule has 1 N–H and O–H groups in total. The van der Waals surface area contributed by atoms with Crippen LogP contribution in [0, 0.1) is 10.1 Å². The molecule has 0 aliphatic carbocycles. The van der Waals surface area contributed by atoms with E-state index in [0.29, 0.717) is 13.2 Å². The molecule has 6 heteroatoms. The van der Waals surface area contributed by atoms with Crippen LogP contribution < -0.4 is 4.90 Å². The first kappa shape index (κ1) is 11.8. The smallest absolute Gasteiger partial charge is 0.269 e. The minimum atomic E-state index is -0.417. The summed E-state index contributed by atoms with van der Waals surface area (Å²) in [5.41, 5.74) is 0.998. The third-order valence-corrected chi connectivity index (χ3v) is 2.77. The predicted molar refractivity (Wildman–Crippen MR) is 62.1 cm³/mol. The van der Waals surface area contributed by atoms with Crippen LogP contribution in [0.15, 0.2) is 24.3 Å². The summed E-state index contributed by atoms with van der Waals surface area (Å²) < 4.78 is 5.34. The fourth-order valence-electron chi connectivity index (χ4n) is 1.85. The molecule has 0 spiro atoms. The van der Waals surface area contributed by atoms with Crippen molar-refractivity contribution in [1.29, 1.82) is 0 Å². The molecule has 0 unspecified atom stereocenters. The van der Waals surface area contributed by atoms with E-state index in [9.17, 15) is 10.1 Å². The van der Waals surface area contributed by atoms with E-state index in [1.165, 1.54) is 12.1 Å². The second-order valence-corrected chi connectivity index (χ2v) is 3.89. The van der Waals surface area contributed by atoms with Gasteiger partial charge in [0.2, 0.25) is 0 Å². The standard InChI is InChI=1S/C11H14N2O4/c14-8-11-7-12(5-6-17-11)9-1-3-10(4-2-9)13(15)16/h1-4,11,14H,5-8H2/t11-/m1/s1. The Labute approximate surface area is 98.6 Å². The maximum Gasteiger partial charge on any atom is 0.269 e. The van der Waals surface area contributed by atoms with E-state index in [2.05, 4.69) is 0 Å². The van der Waals surface area contributed by atoms with E-state index in [-0.39, 0.29) is 18.4 Å². The van der Waals surface area contributed by atoms with E-state index in [1.807, 2.05) is 4.90 Å². The number of ether oxygens (including phenoxy) is 1. The third kappa shape index (κ3) is 2.72. The van der Waals surface area contributed by atoms with Gasteiger partial charge in [0.1, 0.15) is 0 Å². The summed E-state index contributed by atoms with van der Waals surface area (Å²) in [5.74, 6) is 0. The van der Waals surface area contributed by atoms with Gasteiger partial charge in [-0.15, -0.1) is 0 Å². The van der Waals surface area contributed by atoms with Gasteiger partial charge >= 0.3 is 0 Å². The van der Waals surface area contributed by atoms with E-state index in [4.69, 9.17) is 9.84 Å². The van der Waals surface area contributed by atoms with Crippen molar-refractivity contribution in [2.45, 2.75) is 6.10 Å². The molecule has 0 radical (unpaired) electrons. The van der Waals surface area contributed by atoms with Crippen LogP contribution in [0.4, 0.5) is 11.4 Å². The van der Waals surface area contributed by atoms with Crippen LogP contribution in [0.1, 0.15) is 0 Å². The highest BCUT2D eigenvalue weighted by molar-refractivity contribution is 5.51. The molecule has 0 bridgehead atoms. The molecule has 1 aliphatic heterocycles. The SMILES string of the molecule is O=[N+]([O-])c1ccc(N2CCO[C@@H](CO)C2)cc1. The number of hydrogen-bond acceptors (Lipinski definition) is 5. The number of nitrogens with zero attached hydrogens (tertiary/aromatic N) is 2. The first-order chi connectivity index (χ1) is 8.20. The highest BCUT2D eigenvalue weighted by Gasteiger charge is 2.20. The zero-order chi connectivity index (χ0) is 12.3. The molecule has 1 heterocycles. The zero-order valence-corrected chi connectivity index (χ0v) is 9.28. The number of aliphatic hydroxyl groups excluding tert-OH is 1. The molecule has 1 atom stereocenters.